The van der Waals surface area contributed by atoms with Gasteiger partial charge < -0.3 is 10.5 Å². The lowest BCUT2D eigenvalue weighted by Gasteiger charge is -2.04. The average molecular weight is 313 g/mol. The van der Waals surface area contributed by atoms with Gasteiger partial charge in [0.25, 0.3) is 0 Å². The number of ether oxygens (including phenoxy) is 1. The van der Waals surface area contributed by atoms with Crippen molar-refractivity contribution >= 4 is 5.82 Å². The molecule has 23 heavy (non-hydrogen) atoms. The Balaban J connectivity index is 0.000000229. The summed E-state index contributed by atoms with van der Waals surface area (Å²) in [5, 5.41) is 0. The van der Waals surface area contributed by atoms with E-state index in [1.807, 2.05) is 31.2 Å². The Hall–Kier alpha value is -3.09. The van der Waals surface area contributed by atoms with Crippen molar-refractivity contribution in [2.75, 3.05) is 5.73 Å². The summed E-state index contributed by atoms with van der Waals surface area (Å²) in [4.78, 5) is 14.7. The van der Waals surface area contributed by atoms with Crippen molar-refractivity contribution in [3.8, 4) is 6.01 Å². The van der Waals surface area contributed by atoms with E-state index in [0.29, 0.717) is 12.4 Å². The fraction of sp³-hybridized carbons (Fsp3) is 0.125. The summed E-state index contributed by atoms with van der Waals surface area (Å²) >= 11 is 0. The molecule has 2 aromatic heterocycles. The Morgan fingerprint density at radius 1 is 1.04 bits per heavy atom. The molecule has 1 aromatic carbocycles. The average Bonchev–Trinajstić information content (AvgIpc) is 2.57. The van der Waals surface area contributed by atoms with Gasteiger partial charge in [0.05, 0.1) is 12.4 Å². The molecule has 0 saturated carbocycles. The Morgan fingerprint density at radius 2 is 1.74 bits per heavy atom. The molecule has 0 aliphatic rings. The van der Waals surface area contributed by atoms with E-state index in [0.717, 1.165) is 18.0 Å². The number of aromatic nitrogens is 4. The molecule has 0 aliphatic heterocycles. The van der Waals surface area contributed by atoms with E-state index < -0.39 is 5.82 Å². The lowest BCUT2D eigenvalue weighted by atomic mass is 10.2. The van der Waals surface area contributed by atoms with Crippen LogP contribution in [0.5, 0.6) is 6.01 Å². The molecule has 6 nitrogen and oxygen atoms in total. The van der Waals surface area contributed by atoms with E-state index >= 15 is 0 Å². The Morgan fingerprint density at radius 3 is 2.26 bits per heavy atom. The zero-order chi connectivity index (χ0) is 16.5. The predicted octanol–water partition coefficient (Wildman–Crippen LogP) is 2.56. The van der Waals surface area contributed by atoms with Crippen LogP contribution in [0, 0.1) is 12.7 Å². The van der Waals surface area contributed by atoms with Crippen LogP contribution in [-0.4, -0.2) is 19.9 Å². The fourth-order valence-electron chi connectivity index (χ4n) is 1.51. The smallest absolute Gasteiger partial charge is 0.316 e. The summed E-state index contributed by atoms with van der Waals surface area (Å²) in [5.74, 6) is 0.0395. The van der Waals surface area contributed by atoms with E-state index in [1.54, 1.807) is 12.3 Å². The van der Waals surface area contributed by atoms with Crippen LogP contribution in [0.4, 0.5) is 10.2 Å². The van der Waals surface area contributed by atoms with Gasteiger partial charge >= 0.3 is 6.01 Å². The van der Waals surface area contributed by atoms with Crippen molar-refractivity contribution in [2.24, 2.45) is 0 Å². The van der Waals surface area contributed by atoms with Crippen LogP contribution in [-0.2, 0) is 6.61 Å². The summed E-state index contributed by atoms with van der Waals surface area (Å²) in [6.07, 6.45) is 5.17. The molecule has 2 heterocycles. The van der Waals surface area contributed by atoms with Gasteiger partial charge in [0.2, 0.25) is 0 Å². The second-order valence-corrected chi connectivity index (χ2v) is 4.59. The molecule has 7 heteroatoms. The third-order valence-corrected chi connectivity index (χ3v) is 2.69. The van der Waals surface area contributed by atoms with Gasteiger partial charge in [-0.1, -0.05) is 29.8 Å². The van der Waals surface area contributed by atoms with Crippen LogP contribution in [0.25, 0.3) is 0 Å². The van der Waals surface area contributed by atoms with E-state index in [4.69, 9.17) is 10.5 Å². The van der Waals surface area contributed by atoms with Gasteiger partial charge in [0.15, 0.2) is 5.82 Å². The number of benzene rings is 1. The van der Waals surface area contributed by atoms with Gasteiger partial charge in [-0.05, 0) is 18.6 Å². The Labute approximate surface area is 133 Å². The van der Waals surface area contributed by atoms with Gasteiger partial charge in [-0.25, -0.2) is 24.3 Å². The molecular weight excluding hydrogens is 297 g/mol. The summed E-state index contributed by atoms with van der Waals surface area (Å²) in [5.41, 5.74) is 7.43. The highest BCUT2D eigenvalue weighted by Crippen LogP contribution is 2.07. The van der Waals surface area contributed by atoms with Gasteiger partial charge in [-0.15, -0.1) is 0 Å². The monoisotopic (exact) mass is 313 g/mol. The summed E-state index contributed by atoms with van der Waals surface area (Å²) in [6, 6.07) is 9.77. The lowest BCUT2D eigenvalue weighted by Crippen LogP contribution is -1.99. The molecule has 0 saturated heterocycles. The highest BCUT2D eigenvalue weighted by atomic mass is 19.1. The van der Waals surface area contributed by atoms with Crippen molar-refractivity contribution in [3.05, 3.63) is 72.2 Å². The first kappa shape index (κ1) is 16.3. The normalized spacial score (nSPS) is 9.65. The van der Waals surface area contributed by atoms with Gasteiger partial charge in [0.1, 0.15) is 18.8 Å². The summed E-state index contributed by atoms with van der Waals surface area (Å²) < 4.78 is 17.8. The number of nitrogen functional groups attached to an aromatic ring is 1. The summed E-state index contributed by atoms with van der Waals surface area (Å²) in [7, 11) is 0. The van der Waals surface area contributed by atoms with E-state index in [-0.39, 0.29) is 6.01 Å². The van der Waals surface area contributed by atoms with Crippen LogP contribution in [0.3, 0.4) is 0 Å². The second-order valence-electron chi connectivity index (χ2n) is 4.59. The molecule has 0 aliphatic carbocycles. The number of aryl methyl sites for hydroxylation is 1. The highest BCUT2D eigenvalue weighted by molar-refractivity contribution is 5.22. The molecule has 0 atom stereocenters. The molecular formula is C16H16FN5O. The zero-order valence-electron chi connectivity index (χ0n) is 12.6. The largest absolute Gasteiger partial charge is 0.459 e. The number of hydrogen-bond donors (Lipinski definition) is 1. The molecule has 0 fully saturated rings. The molecule has 118 valence electrons. The van der Waals surface area contributed by atoms with Crippen LogP contribution in [0.15, 0.2) is 55.2 Å². The third kappa shape index (κ3) is 6.04. The molecule has 2 N–H and O–H groups in total. The molecule has 0 spiro atoms. The van der Waals surface area contributed by atoms with Gasteiger partial charge in [-0.2, -0.15) is 0 Å². The second kappa shape index (κ2) is 8.38. The van der Waals surface area contributed by atoms with Crippen molar-refractivity contribution in [1.29, 1.82) is 0 Å². The van der Waals surface area contributed by atoms with Crippen molar-refractivity contribution in [3.63, 3.8) is 0 Å². The number of hydrogen-bond acceptors (Lipinski definition) is 6. The number of halogens is 1. The zero-order valence-corrected chi connectivity index (χ0v) is 12.6. The molecule has 0 radical (unpaired) electrons. The minimum absolute atomic E-state index is 0.182. The number of nitrogens with two attached hydrogens (primary N) is 1. The van der Waals surface area contributed by atoms with Crippen molar-refractivity contribution in [1.82, 2.24) is 19.9 Å². The van der Waals surface area contributed by atoms with Crippen molar-refractivity contribution in [2.45, 2.75) is 13.5 Å². The molecule has 0 amide bonds. The summed E-state index contributed by atoms with van der Waals surface area (Å²) in [6.45, 7) is 2.40. The van der Waals surface area contributed by atoms with Crippen molar-refractivity contribution < 1.29 is 9.13 Å². The number of anilines is 1. The van der Waals surface area contributed by atoms with E-state index in [9.17, 15) is 4.39 Å². The first-order valence-corrected chi connectivity index (χ1v) is 6.81. The fourth-order valence-corrected chi connectivity index (χ4v) is 1.51. The Bertz CT molecular complexity index is 659. The molecule has 3 aromatic rings. The molecule has 0 unspecified atom stereocenters. The molecule has 3 rings (SSSR count). The standard InChI is InChI=1S/C12H11FN2O.C4H5N3/c1-9-2-4-10(5-3-9)8-16-12-14-6-11(13)7-15-12;5-4-1-2-6-3-7-4/h2-7H,8H2,1H3;1-3H,(H2,5,6,7). The minimum Gasteiger partial charge on any atom is -0.459 e. The van der Waals surface area contributed by atoms with Crippen LogP contribution in [0.1, 0.15) is 11.1 Å². The van der Waals surface area contributed by atoms with Crippen LogP contribution < -0.4 is 10.5 Å². The lowest BCUT2D eigenvalue weighted by molar-refractivity contribution is 0.279. The maximum absolute atomic E-state index is 12.5. The maximum atomic E-state index is 12.5. The third-order valence-electron chi connectivity index (χ3n) is 2.69. The van der Waals surface area contributed by atoms with E-state index in [2.05, 4.69) is 19.9 Å². The number of nitrogens with zero attached hydrogens (tertiary/aromatic N) is 4. The number of rotatable bonds is 3. The van der Waals surface area contributed by atoms with Crippen LogP contribution in [0.2, 0.25) is 0 Å². The van der Waals surface area contributed by atoms with Gasteiger partial charge in [0, 0.05) is 6.20 Å². The first-order chi connectivity index (χ1) is 11.1. The predicted molar refractivity (Wildman–Crippen MR) is 83.9 cm³/mol. The quantitative estimate of drug-likeness (QED) is 0.799. The maximum Gasteiger partial charge on any atom is 0.316 e. The Kier molecular flexibility index (Phi) is 5.93. The van der Waals surface area contributed by atoms with E-state index in [1.165, 1.54) is 11.9 Å². The topological polar surface area (TPSA) is 86.8 Å². The minimum atomic E-state index is -0.470. The van der Waals surface area contributed by atoms with Crippen LogP contribution >= 0.6 is 0 Å². The highest BCUT2D eigenvalue weighted by Gasteiger charge is 1.99. The SMILES string of the molecule is Cc1ccc(COc2ncc(F)cn2)cc1.Nc1ccncn1. The molecule has 0 bridgehead atoms. The first-order valence-electron chi connectivity index (χ1n) is 6.81. The van der Waals surface area contributed by atoms with Gasteiger partial charge in [-0.3, -0.25) is 0 Å².